The molecule has 0 spiro atoms. The van der Waals surface area contributed by atoms with Crippen molar-refractivity contribution >= 4 is 11.7 Å². The van der Waals surface area contributed by atoms with Gasteiger partial charge in [-0.25, -0.2) is 0 Å². The van der Waals surface area contributed by atoms with E-state index in [0.717, 1.165) is 24.1 Å². The van der Waals surface area contributed by atoms with E-state index in [0.29, 0.717) is 12.4 Å². The summed E-state index contributed by atoms with van der Waals surface area (Å²) in [4.78, 5) is 12.7. The first kappa shape index (κ1) is 14.8. The van der Waals surface area contributed by atoms with E-state index >= 15 is 0 Å². The molecule has 0 unspecified atom stereocenters. The average Bonchev–Trinajstić information content (AvgIpc) is 3.05. The van der Waals surface area contributed by atoms with Crippen molar-refractivity contribution < 1.29 is 9.53 Å². The van der Waals surface area contributed by atoms with Crippen molar-refractivity contribution in [2.45, 2.75) is 25.9 Å². The molecule has 1 aliphatic heterocycles. The van der Waals surface area contributed by atoms with E-state index in [-0.39, 0.29) is 17.9 Å². The van der Waals surface area contributed by atoms with Crippen LogP contribution < -0.4 is 5.32 Å². The van der Waals surface area contributed by atoms with Gasteiger partial charge in [-0.2, -0.15) is 10.2 Å². The van der Waals surface area contributed by atoms with E-state index in [1.807, 2.05) is 33.3 Å². The minimum absolute atomic E-state index is 0.0310. The van der Waals surface area contributed by atoms with Crippen molar-refractivity contribution in [3.8, 4) is 0 Å². The lowest BCUT2D eigenvalue weighted by Crippen LogP contribution is -2.33. The van der Waals surface area contributed by atoms with Crippen LogP contribution in [0.4, 0.5) is 5.82 Å². The maximum absolute atomic E-state index is 12.7. The number of hydrogen-bond acceptors (Lipinski definition) is 4. The predicted molar refractivity (Wildman–Crippen MR) is 81.2 cm³/mol. The van der Waals surface area contributed by atoms with Gasteiger partial charge < -0.3 is 10.1 Å². The zero-order valence-electron chi connectivity index (χ0n) is 13.1. The molecule has 1 amide bonds. The molecule has 22 heavy (non-hydrogen) atoms. The van der Waals surface area contributed by atoms with Gasteiger partial charge in [-0.05, 0) is 19.8 Å². The topological polar surface area (TPSA) is 74.0 Å². The van der Waals surface area contributed by atoms with Gasteiger partial charge in [0.15, 0.2) is 0 Å². The van der Waals surface area contributed by atoms with Crippen molar-refractivity contribution in [2.75, 3.05) is 11.9 Å². The molecule has 0 saturated carbocycles. The minimum atomic E-state index is -0.239. The molecular formula is C15H21N5O2. The first-order chi connectivity index (χ1) is 10.5. The van der Waals surface area contributed by atoms with Crippen LogP contribution in [0.25, 0.3) is 0 Å². The summed E-state index contributed by atoms with van der Waals surface area (Å²) < 4.78 is 9.25. The Labute approximate surface area is 129 Å². The number of anilines is 1. The summed E-state index contributed by atoms with van der Waals surface area (Å²) in [6.45, 7) is 2.58. The third-order valence-corrected chi connectivity index (χ3v) is 3.97. The molecule has 2 atom stereocenters. The Morgan fingerprint density at radius 2 is 2.27 bits per heavy atom. The van der Waals surface area contributed by atoms with E-state index in [4.69, 9.17) is 4.74 Å². The fourth-order valence-electron chi connectivity index (χ4n) is 2.91. The van der Waals surface area contributed by atoms with Crippen LogP contribution in [-0.4, -0.2) is 32.1 Å². The Morgan fingerprint density at radius 1 is 1.45 bits per heavy atom. The third kappa shape index (κ3) is 2.89. The Balaban J connectivity index is 1.78. The number of nitrogens with one attached hydrogen (secondary N) is 1. The summed E-state index contributed by atoms with van der Waals surface area (Å²) in [6, 6.07) is 1.86. The summed E-state index contributed by atoms with van der Waals surface area (Å²) >= 11 is 0. The summed E-state index contributed by atoms with van der Waals surface area (Å²) in [5.41, 5.74) is 1.82. The van der Waals surface area contributed by atoms with Gasteiger partial charge in [0.1, 0.15) is 5.82 Å². The van der Waals surface area contributed by atoms with Crippen LogP contribution in [-0.2, 0) is 23.6 Å². The maximum atomic E-state index is 12.7. The molecule has 1 saturated heterocycles. The molecule has 2 aromatic heterocycles. The van der Waals surface area contributed by atoms with Crippen LogP contribution in [0.1, 0.15) is 30.2 Å². The van der Waals surface area contributed by atoms with E-state index in [1.54, 1.807) is 15.6 Å². The van der Waals surface area contributed by atoms with Crippen molar-refractivity contribution in [1.82, 2.24) is 19.6 Å². The number of carbonyl (C=O) groups excluding carboxylic acids is 1. The minimum Gasteiger partial charge on any atom is -0.373 e. The molecule has 118 valence electrons. The van der Waals surface area contributed by atoms with Gasteiger partial charge in [0.05, 0.1) is 23.9 Å². The van der Waals surface area contributed by atoms with Crippen LogP contribution in [0.5, 0.6) is 0 Å². The fourth-order valence-corrected chi connectivity index (χ4v) is 2.91. The zero-order chi connectivity index (χ0) is 15.7. The summed E-state index contributed by atoms with van der Waals surface area (Å²) in [5.74, 6) is 0.461. The molecular weight excluding hydrogens is 282 g/mol. The standard InChI is InChI=1S/C15H21N5O2/c1-10-7-13(20(3)18-10)17-15(21)12-5-4-6-22-14(12)11-8-16-19(2)9-11/h7-9,12,14H,4-6H2,1-3H3,(H,17,21)/t12-,14+/m1/s1. The van der Waals surface area contributed by atoms with Gasteiger partial charge in [-0.3, -0.25) is 14.2 Å². The lowest BCUT2D eigenvalue weighted by molar-refractivity contribution is -0.129. The molecule has 3 rings (SSSR count). The van der Waals surface area contributed by atoms with Crippen LogP contribution in [0, 0.1) is 12.8 Å². The molecule has 0 radical (unpaired) electrons. The summed E-state index contributed by atoms with van der Waals surface area (Å²) in [6.07, 6.45) is 5.13. The molecule has 3 heterocycles. The SMILES string of the molecule is Cc1cc(NC(=O)[C@@H]2CCCO[C@H]2c2cnn(C)c2)n(C)n1. The number of amides is 1. The molecule has 0 bridgehead atoms. The Kier molecular flexibility index (Phi) is 3.98. The third-order valence-electron chi connectivity index (χ3n) is 3.97. The Bertz CT molecular complexity index is 675. The molecule has 7 heteroatoms. The molecule has 1 aliphatic rings. The van der Waals surface area contributed by atoms with Crippen LogP contribution >= 0.6 is 0 Å². The maximum Gasteiger partial charge on any atom is 0.231 e. The van der Waals surface area contributed by atoms with Crippen molar-refractivity contribution in [1.29, 1.82) is 0 Å². The average molecular weight is 303 g/mol. The van der Waals surface area contributed by atoms with E-state index in [9.17, 15) is 4.79 Å². The lowest BCUT2D eigenvalue weighted by Gasteiger charge is -2.30. The number of hydrogen-bond donors (Lipinski definition) is 1. The second kappa shape index (κ2) is 5.92. The lowest BCUT2D eigenvalue weighted by atomic mass is 9.90. The number of aromatic nitrogens is 4. The van der Waals surface area contributed by atoms with Gasteiger partial charge in [-0.1, -0.05) is 0 Å². The molecule has 7 nitrogen and oxygen atoms in total. The Hall–Kier alpha value is -2.15. The highest BCUT2D eigenvalue weighted by Gasteiger charge is 2.34. The van der Waals surface area contributed by atoms with Crippen LogP contribution in [0.3, 0.4) is 0 Å². The first-order valence-electron chi connectivity index (χ1n) is 7.46. The van der Waals surface area contributed by atoms with Crippen LogP contribution in [0.2, 0.25) is 0 Å². The van der Waals surface area contributed by atoms with Gasteiger partial charge in [-0.15, -0.1) is 0 Å². The zero-order valence-corrected chi connectivity index (χ0v) is 13.1. The highest BCUT2D eigenvalue weighted by atomic mass is 16.5. The highest BCUT2D eigenvalue weighted by Crippen LogP contribution is 2.34. The van der Waals surface area contributed by atoms with Gasteiger partial charge in [0, 0.05) is 38.5 Å². The predicted octanol–water partition coefficient (Wildman–Crippen LogP) is 1.57. The van der Waals surface area contributed by atoms with Crippen molar-refractivity contribution in [3.05, 3.63) is 29.7 Å². The number of aryl methyl sites for hydroxylation is 3. The first-order valence-corrected chi connectivity index (χ1v) is 7.46. The van der Waals surface area contributed by atoms with E-state index in [1.165, 1.54) is 0 Å². The van der Waals surface area contributed by atoms with Gasteiger partial charge in [0.2, 0.25) is 5.91 Å². The number of nitrogens with zero attached hydrogens (tertiary/aromatic N) is 4. The Morgan fingerprint density at radius 3 is 2.91 bits per heavy atom. The molecule has 0 aliphatic carbocycles. The second-order valence-corrected chi connectivity index (χ2v) is 5.77. The van der Waals surface area contributed by atoms with Crippen molar-refractivity contribution in [2.24, 2.45) is 20.0 Å². The number of ether oxygens (including phenoxy) is 1. The fraction of sp³-hybridized carbons (Fsp3) is 0.533. The largest absolute Gasteiger partial charge is 0.373 e. The summed E-state index contributed by atoms with van der Waals surface area (Å²) in [5, 5.41) is 11.4. The normalized spacial score (nSPS) is 21.8. The monoisotopic (exact) mass is 303 g/mol. The van der Waals surface area contributed by atoms with Gasteiger partial charge >= 0.3 is 0 Å². The molecule has 1 fully saturated rings. The van der Waals surface area contributed by atoms with Gasteiger partial charge in [0.25, 0.3) is 0 Å². The number of carbonyl (C=O) groups is 1. The van der Waals surface area contributed by atoms with E-state index < -0.39 is 0 Å². The smallest absolute Gasteiger partial charge is 0.231 e. The molecule has 2 aromatic rings. The van der Waals surface area contributed by atoms with Crippen LogP contribution in [0.15, 0.2) is 18.5 Å². The second-order valence-electron chi connectivity index (χ2n) is 5.77. The van der Waals surface area contributed by atoms with Crippen molar-refractivity contribution in [3.63, 3.8) is 0 Å². The highest BCUT2D eigenvalue weighted by molar-refractivity contribution is 5.92. The molecule has 0 aromatic carbocycles. The molecule has 1 N–H and O–H groups in total. The quantitative estimate of drug-likeness (QED) is 0.934. The summed E-state index contributed by atoms with van der Waals surface area (Å²) in [7, 11) is 3.68. The van der Waals surface area contributed by atoms with E-state index in [2.05, 4.69) is 15.5 Å². The number of rotatable bonds is 3.